The van der Waals surface area contributed by atoms with Crippen molar-refractivity contribution < 1.29 is 9.59 Å². The quantitative estimate of drug-likeness (QED) is 0.944. The lowest BCUT2D eigenvalue weighted by molar-refractivity contribution is -0.117. The van der Waals surface area contributed by atoms with Crippen molar-refractivity contribution in [3.8, 4) is 0 Å². The molecule has 4 heteroatoms. The van der Waals surface area contributed by atoms with E-state index in [0.29, 0.717) is 18.5 Å². The number of carbonyl (C=O) groups is 2. The van der Waals surface area contributed by atoms with Gasteiger partial charge in [-0.3, -0.25) is 9.59 Å². The molecule has 1 atom stereocenters. The standard InChI is InChI=1S/C20H22N2O2/c1-13-4-7-16(8-5-13)20(24)21-17-11-19(23)22(12-17)18-9-6-14(2)15(3)10-18/h4-10,17H,11-12H2,1-3H3,(H,21,24)/t17-/m0/s1. The SMILES string of the molecule is Cc1ccc(C(=O)N[C@H]2CC(=O)N(c3ccc(C)c(C)c3)C2)cc1. The molecule has 1 aliphatic rings. The molecular formula is C20H22N2O2. The van der Waals surface area contributed by atoms with Gasteiger partial charge in [0, 0.05) is 24.2 Å². The summed E-state index contributed by atoms with van der Waals surface area (Å²) < 4.78 is 0. The molecule has 1 fully saturated rings. The first-order chi connectivity index (χ1) is 11.4. The number of amides is 2. The summed E-state index contributed by atoms with van der Waals surface area (Å²) >= 11 is 0. The number of hydrogen-bond acceptors (Lipinski definition) is 2. The van der Waals surface area contributed by atoms with Gasteiger partial charge in [0.2, 0.25) is 5.91 Å². The summed E-state index contributed by atoms with van der Waals surface area (Å²) in [6.07, 6.45) is 0.338. The van der Waals surface area contributed by atoms with Gasteiger partial charge in [-0.1, -0.05) is 23.8 Å². The van der Waals surface area contributed by atoms with Gasteiger partial charge in [0.1, 0.15) is 0 Å². The van der Waals surface area contributed by atoms with Crippen molar-refractivity contribution in [2.24, 2.45) is 0 Å². The van der Waals surface area contributed by atoms with Gasteiger partial charge in [0.05, 0.1) is 6.04 Å². The minimum atomic E-state index is -0.159. The van der Waals surface area contributed by atoms with Gasteiger partial charge in [-0.25, -0.2) is 0 Å². The van der Waals surface area contributed by atoms with Crippen molar-refractivity contribution in [1.29, 1.82) is 0 Å². The molecule has 0 bridgehead atoms. The van der Waals surface area contributed by atoms with Gasteiger partial charge >= 0.3 is 0 Å². The molecule has 0 radical (unpaired) electrons. The van der Waals surface area contributed by atoms with E-state index in [-0.39, 0.29) is 17.9 Å². The summed E-state index contributed by atoms with van der Waals surface area (Å²) in [7, 11) is 0. The minimum Gasteiger partial charge on any atom is -0.347 e. The maximum absolute atomic E-state index is 12.3. The summed E-state index contributed by atoms with van der Waals surface area (Å²) in [5.74, 6) is -0.0813. The molecule has 3 rings (SSSR count). The average molecular weight is 322 g/mol. The number of nitrogens with zero attached hydrogens (tertiary/aromatic N) is 1. The Labute approximate surface area is 142 Å². The maximum Gasteiger partial charge on any atom is 0.251 e. The molecule has 124 valence electrons. The van der Waals surface area contributed by atoms with Crippen LogP contribution in [-0.4, -0.2) is 24.4 Å². The Morgan fingerprint density at radius 2 is 1.75 bits per heavy atom. The highest BCUT2D eigenvalue weighted by atomic mass is 16.2. The van der Waals surface area contributed by atoms with Crippen molar-refractivity contribution in [2.45, 2.75) is 33.2 Å². The Morgan fingerprint density at radius 1 is 1.04 bits per heavy atom. The van der Waals surface area contributed by atoms with Crippen LogP contribution in [0.1, 0.15) is 33.5 Å². The summed E-state index contributed by atoms with van der Waals surface area (Å²) in [5.41, 5.74) is 5.00. The van der Waals surface area contributed by atoms with E-state index in [4.69, 9.17) is 0 Å². The first-order valence-corrected chi connectivity index (χ1v) is 8.19. The van der Waals surface area contributed by atoms with Crippen LogP contribution in [0, 0.1) is 20.8 Å². The van der Waals surface area contributed by atoms with Crippen LogP contribution in [0.25, 0.3) is 0 Å². The van der Waals surface area contributed by atoms with E-state index in [1.165, 1.54) is 5.56 Å². The van der Waals surface area contributed by atoms with Crippen LogP contribution in [0.4, 0.5) is 5.69 Å². The molecule has 24 heavy (non-hydrogen) atoms. The number of rotatable bonds is 3. The molecule has 1 N–H and O–H groups in total. The summed E-state index contributed by atoms with van der Waals surface area (Å²) in [6, 6.07) is 13.3. The first kappa shape index (κ1) is 16.2. The normalized spacial score (nSPS) is 17.2. The highest BCUT2D eigenvalue weighted by Gasteiger charge is 2.31. The van der Waals surface area contributed by atoms with E-state index in [1.807, 2.05) is 56.3 Å². The number of aryl methyl sites for hydroxylation is 3. The number of nitrogens with one attached hydrogen (secondary N) is 1. The van der Waals surface area contributed by atoms with E-state index in [0.717, 1.165) is 16.8 Å². The number of anilines is 1. The first-order valence-electron chi connectivity index (χ1n) is 8.19. The van der Waals surface area contributed by atoms with Gasteiger partial charge in [-0.2, -0.15) is 0 Å². The van der Waals surface area contributed by atoms with Crippen molar-refractivity contribution >= 4 is 17.5 Å². The minimum absolute atomic E-state index is 0.0486. The second-order valence-electron chi connectivity index (χ2n) is 6.51. The molecule has 1 saturated heterocycles. The van der Waals surface area contributed by atoms with Crippen LogP contribution < -0.4 is 10.2 Å². The van der Waals surface area contributed by atoms with Crippen LogP contribution >= 0.6 is 0 Å². The number of hydrogen-bond donors (Lipinski definition) is 1. The van der Waals surface area contributed by atoms with Crippen LogP contribution in [0.3, 0.4) is 0 Å². The molecule has 1 heterocycles. The third kappa shape index (κ3) is 3.32. The Kier molecular flexibility index (Phi) is 4.38. The Balaban J connectivity index is 1.69. The van der Waals surface area contributed by atoms with Crippen LogP contribution in [-0.2, 0) is 4.79 Å². The zero-order chi connectivity index (χ0) is 17.3. The van der Waals surface area contributed by atoms with Crippen molar-refractivity contribution in [1.82, 2.24) is 5.32 Å². The van der Waals surface area contributed by atoms with E-state index in [2.05, 4.69) is 12.2 Å². The molecule has 1 aliphatic heterocycles. The Hall–Kier alpha value is -2.62. The topological polar surface area (TPSA) is 49.4 Å². The van der Waals surface area contributed by atoms with E-state index in [9.17, 15) is 9.59 Å². The van der Waals surface area contributed by atoms with Crippen LogP contribution in [0.2, 0.25) is 0 Å². The Morgan fingerprint density at radius 3 is 2.42 bits per heavy atom. The molecule has 4 nitrogen and oxygen atoms in total. The van der Waals surface area contributed by atoms with E-state index in [1.54, 1.807) is 4.90 Å². The van der Waals surface area contributed by atoms with E-state index < -0.39 is 0 Å². The molecule has 2 amide bonds. The van der Waals surface area contributed by atoms with Gasteiger partial charge in [0.25, 0.3) is 5.91 Å². The maximum atomic E-state index is 12.3. The highest BCUT2D eigenvalue weighted by Crippen LogP contribution is 2.24. The number of benzene rings is 2. The predicted molar refractivity (Wildman–Crippen MR) is 95.3 cm³/mol. The molecule has 0 aromatic heterocycles. The summed E-state index contributed by atoms with van der Waals surface area (Å²) in [5, 5.41) is 2.97. The molecule has 0 aliphatic carbocycles. The average Bonchev–Trinajstić information content (AvgIpc) is 2.91. The zero-order valence-corrected chi connectivity index (χ0v) is 14.3. The summed E-state index contributed by atoms with van der Waals surface area (Å²) in [6.45, 7) is 6.59. The van der Waals surface area contributed by atoms with Crippen LogP contribution in [0.5, 0.6) is 0 Å². The second kappa shape index (κ2) is 6.48. The van der Waals surface area contributed by atoms with Gasteiger partial charge in [-0.05, 0) is 56.2 Å². The van der Waals surface area contributed by atoms with Crippen LogP contribution in [0.15, 0.2) is 42.5 Å². The third-order valence-electron chi connectivity index (χ3n) is 4.58. The lowest BCUT2D eigenvalue weighted by Gasteiger charge is -2.18. The Bertz CT molecular complexity index is 781. The molecule has 0 unspecified atom stereocenters. The van der Waals surface area contributed by atoms with Gasteiger partial charge in [-0.15, -0.1) is 0 Å². The van der Waals surface area contributed by atoms with Crippen molar-refractivity contribution in [3.05, 3.63) is 64.7 Å². The lowest BCUT2D eigenvalue weighted by Crippen LogP contribution is -2.37. The lowest BCUT2D eigenvalue weighted by atomic mass is 10.1. The second-order valence-corrected chi connectivity index (χ2v) is 6.51. The monoisotopic (exact) mass is 322 g/mol. The third-order valence-corrected chi connectivity index (χ3v) is 4.58. The highest BCUT2D eigenvalue weighted by molar-refractivity contribution is 5.99. The van der Waals surface area contributed by atoms with E-state index >= 15 is 0 Å². The molecule has 2 aromatic rings. The fourth-order valence-electron chi connectivity index (χ4n) is 2.92. The molecule has 2 aromatic carbocycles. The largest absolute Gasteiger partial charge is 0.347 e. The van der Waals surface area contributed by atoms with Gasteiger partial charge < -0.3 is 10.2 Å². The molecular weight excluding hydrogens is 300 g/mol. The molecule has 0 spiro atoms. The fourth-order valence-corrected chi connectivity index (χ4v) is 2.92. The molecule has 0 saturated carbocycles. The zero-order valence-electron chi connectivity index (χ0n) is 14.3. The predicted octanol–water partition coefficient (Wildman–Crippen LogP) is 3.15. The van der Waals surface area contributed by atoms with Crippen molar-refractivity contribution in [3.63, 3.8) is 0 Å². The summed E-state index contributed by atoms with van der Waals surface area (Å²) in [4.78, 5) is 26.4. The number of carbonyl (C=O) groups excluding carboxylic acids is 2. The smallest absolute Gasteiger partial charge is 0.251 e. The van der Waals surface area contributed by atoms with Crippen molar-refractivity contribution in [2.75, 3.05) is 11.4 Å². The van der Waals surface area contributed by atoms with Gasteiger partial charge in [0.15, 0.2) is 0 Å². The fraction of sp³-hybridized carbons (Fsp3) is 0.300.